The number of carboxylic acid groups (broad SMARTS) is 1. The SMILES string of the molecule is COC(=O)c1ccc(NCC2(C(=O)O)CCCC2)nn1. The van der Waals surface area contributed by atoms with Crippen LogP contribution in [0.3, 0.4) is 0 Å². The first-order chi connectivity index (χ1) is 9.57. The van der Waals surface area contributed by atoms with Crippen molar-refractivity contribution in [3.63, 3.8) is 0 Å². The third kappa shape index (κ3) is 2.87. The number of rotatable bonds is 5. The molecule has 1 aliphatic rings. The largest absolute Gasteiger partial charge is 0.481 e. The highest BCUT2D eigenvalue weighted by Gasteiger charge is 2.41. The highest BCUT2D eigenvalue weighted by atomic mass is 16.5. The van der Waals surface area contributed by atoms with Crippen molar-refractivity contribution in [3.05, 3.63) is 17.8 Å². The fourth-order valence-electron chi connectivity index (χ4n) is 2.42. The fraction of sp³-hybridized carbons (Fsp3) is 0.538. The van der Waals surface area contributed by atoms with Gasteiger partial charge in [-0.2, -0.15) is 0 Å². The van der Waals surface area contributed by atoms with E-state index in [2.05, 4.69) is 20.3 Å². The van der Waals surface area contributed by atoms with Crippen LogP contribution >= 0.6 is 0 Å². The van der Waals surface area contributed by atoms with Crippen LogP contribution < -0.4 is 5.32 Å². The predicted molar refractivity (Wildman–Crippen MR) is 70.4 cm³/mol. The van der Waals surface area contributed by atoms with Crippen LogP contribution in [0.5, 0.6) is 0 Å². The van der Waals surface area contributed by atoms with E-state index in [1.54, 1.807) is 6.07 Å². The number of aliphatic carboxylic acids is 1. The third-order valence-corrected chi connectivity index (χ3v) is 3.68. The lowest BCUT2D eigenvalue weighted by Gasteiger charge is -2.24. The van der Waals surface area contributed by atoms with E-state index in [0.717, 1.165) is 12.8 Å². The Morgan fingerprint density at radius 3 is 2.55 bits per heavy atom. The van der Waals surface area contributed by atoms with Gasteiger partial charge in [0.25, 0.3) is 0 Å². The lowest BCUT2D eigenvalue weighted by molar-refractivity contribution is -0.147. The molecule has 1 aromatic rings. The topological polar surface area (TPSA) is 101 Å². The number of ether oxygens (including phenoxy) is 1. The molecule has 2 N–H and O–H groups in total. The van der Waals surface area contributed by atoms with Gasteiger partial charge in [0.05, 0.1) is 12.5 Å². The normalized spacial score (nSPS) is 16.6. The summed E-state index contributed by atoms with van der Waals surface area (Å²) in [6.07, 6.45) is 3.20. The first-order valence-corrected chi connectivity index (χ1v) is 6.47. The van der Waals surface area contributed by atoms with E-state index < -0.39 is 17.4 Å². The minimum Gasteiger partial charge on any atom is -0.481 e. The van der Waals surface area contributed by atoms with Gasteiger partial charge >= 0.3 is 11.9 Å². The molecule has 0 aromatic carbocycles. The van der Waals surface area contributed by atoms with Gasteiger partial charge in [0.1, 0.15) is 5.82 Å². The van der Waals surface area contributed by atoms with Gasteiger partial charge in [-0.05, 0) is 25.0 Å². The highest BCUT2D eigenvalue weighted by molar-refractivity contribution is 5.87. The zero-order valence-corrected chi connectivity index (χ0v) is 11.3. The summed E-state index contributed by atoms with van der Waals surface area (Å²) in [6, 6.07) is 3.08. The molecule has 7 nitrogen and oxygen atoms in total. The minimum atomic E-state index is -0.776. The molecule has 20 heavy (non-hydrogen) atoms. The second-order valence-electron chi connectivity index (χ2n) is 4.94. The molecule has 0 radical (unpaired) electrons. The van der Waals surface area contributed by atoms with Crippen molar-refractivity contribution >= 4 is 17.8 Å². The molecule has 0 aliphatic heterocycles. The summed E-state index contributed by atoms with van der Waals surface area (Å²) in [7, 11) is 1.27. The molecule has 1 aromatic heterocycles. The van der Waals surface area contributed by atoms with Gasteiger partial charge in [0.2, 0.25) is 0 Å². The maximum atomic E-state index is 11.4. The molecule has 0 unspecified atom stereocenters. The zero-order valence-electron chi connectivity index (χ0n) is 11.3. The smallest absolute Gasteiger partial charge is 0.358 e. The first-order valence-electron chi connectivity index (χ1n) is 6.47. The summed E-state index contributed by atoms with van der Waals surface area (Å²) in [6.45, 7) is 0.314. The number of carbonyl (C=O) groups is 2. The Hall–Kier alpha value is -2.18. The number of nitrogens with one attached hydrogen (secondary N) is 1. The molecule has 0 atom stereocenters. The highest BCUT2D eigenvalue weighted by Crippen LogP contribution is 2.38. The monoisotopic (exact) mass is 279 g/mol. The summed E-state index contributed by atoms with van der Waals surface area (Å²) >= 11 is 0. The van der Waals surface area contributed by atoms with Crippen LogP contribution in [0.4, 0.5) is 5.82 Å². The number of carbonyl (C=O) groups excluding carboxylic acids is 1. The number of hydrogen-bond donors (Lipinski definition) is 2. The fourth-order valence-corrected chi connectivity index (χ4v) is 2.42. The third-order valence-electron chi connectivity index (χ3n) is 3.68. The summed E-state index contributed by atoms with van der Waals surface area (Å²) in [5.41, 5.74) is -0.602. The van der Waals surface area contributed by atoms with E-state index in [9.17, 15) is 14.7 Å². The van der Waals surface area contributed by atoms with E-state index in [4.69, 9.17) is 0 Å². The Balaban J connectivity index is 2.00. The Kier molecular flexibility index (Phi) is 4.16. The Morgan fingerprint density at radius 2 is 2.05 bits per heavy atom. The van der Waals surface area contributed by atoms with Crippen LogP contribution in [-0.4, -0.2) is 40.9 Å². The van der Waals surface area contributed by atoms with Crippen molar-refractivity contribution in [1.29, 1.82) is 0 Å². The van der Waals surface area contributed by atoms with Crippen molar-refractivity contribution in [2.24, 2.45) is 5.41 Å². The standard InChI is InChI=1S/C13H17N3O4/c1-20-11(17)9-4-5-10(16-15-9)14-8-13(12(18)19)6-2-3-7-13/h4-5H,2-3,6-8H2,1H3,(H,14,16)(H,18,19). The second kappa shape index (κ2) is 5.85. The van der Waals surface area contributed by atoms with Gasteiger partial charge < -0.3 is 15.2 Å². The van der Waals surface area contributed by atoms with Crippen molar-refractivity contribution in [2.75, 3.05) is 19.0 Å². The van der Waals surface area contributed by atoms with Gasteiger partial charge in [-0.1, -0.05) is 12.8 Å². The summed E-state index contributed by atoms with van der Waals surface area (Å²) in [5.74, 6) is -0.881. The quantitative estimate of drug-likeness (QED) is 0.784. The predicted octanol–water partition coefficient (Wildman–Crippen LogP) is 1.32. The van der Waals surface area contributed by atoms with Gasteiger partial charge in [0.15, 0.2) is 5.69 Å². The lowest BCUT2D eigenvalue weighted by atomic mass is 9.86. The van der Waals surface area contributed by atoms with E-state index in [-0.39, 0.29) is 5.69 Å². The van der Waals surface area contributed by atoms with Crippen molar-refractivity contribution in [2.45, 2.75) is 25.7 Å². The Morgan fingerprint density at radius 1 is 1.35 bits per heavy atom. The molecular formula is C13H17N3O4. The summed E-state index contributed by atoms with van der Waals surface area (Å²) < 4.78 is 4.53. The number of carboxylic acids is 1. The van der Waals surface area contributed by atoms with Gasteiger partial charge in [-0.15, -0.1) is 10.2 Å². The molecular weight excluding hydrogens is 262 g/mol. The molecule has 108 valence electrons. The van der Waals surface area contributed by atoms with Gasteiger partial charge in [-0.25, -0.2) is 4.79 Å². The molecule has 0 amide bonds. The molecule has 1 fully saturated rings. The Bertz CT molecular complexity index is 495. The number of anilines is 1. The molecule has 0 saturated heterocycles. The van der Waals surface area contributed by atoms with Crippen molar-refractivity contribution in [1.82, 2.24) is 10.2 Å². The summed E-state index contributed by atoms with van der Waals surface area (Å²) in [5, 5.41) is 19.9. The average Bonchev–Trinajstić information content (AvgIpc) is 2.95. The molecule has 1 heterocycles. The maximum Gasteiger partial charge on any atom is 0.358 e. The molecule has 0 spiro atoms. The molecule has 2 rings (SSSR count). The van der Waals surface area contributed by atoms with E-state index in [0.29, 0.717) is 25.2 Å². The van der Waals surface area contributed by atoms with Crippen LogP contribution in [0.1, 0.15) is 36.2 Å². The van der Waals surface area contributed by atoms with E-state index in [1.165, 1.54) is 13.2 Å². The molecule has 1 aliphatic carbocycles. The number of methoxy groups -OCH3 is 1. The van der Waals surface area contributed by atoms with Gasteiger partial charge in [-0.3, -0.25) is 4.79 Å². The zero-order chi connectivity index (χ0) is 14.6. The minimum absolute atomic E-state index is 0.117. The maximum absolute atomic E-state index is 11.4. The number of nitrogens with zero attached hydrogens (tertiary/aromatic N) is 2. The van der Waals surface area contributed by atoms with Crippen LogP contribution in [-0.2, 0) is 9.53 Å². The second-order valence-corrected chi connectivity index (χ2v) is 4.94. The van der Waals surface area contributed by atoms with Gasteiger partial charge in [0, 0.05) is 6.54 Å². The van der Waals surface area contributed by atoms with Crippen LogP contribution in [0, 0.1) is 5.41 Å². The molecule has 7 heteroatoms. The van der Waals surface area contributed by atoms with E-state index >= 15 is 0 Å². The van der Waals surface area contributed by atoms with Crippen LogP contribution in [0.15, 0.2) is 12.1 Å². The van der Waals surface area contributed by atoms with E-state index in [1.807, 2.05) is 0 Å². The number of hydrogen-bond acceptors (Lipinski definition) is 6. The first kappa shape index (κ1) is 14.2. The number of esters is 1. The van der Waals surface area contributed by atoms with Crippen molar-refractivity contribution in [3.8, 4) is 0 Å². The van der Waals surface area contributed by atoms with Crippen molar-refractivity contribution < 1.29 is 19.4 Å². The molecule has 1 saturated carbocycles. The number of aromatic nitrogens is 2. The Labute approximate surface area is 116 Å². The lowest BCUT2D eigenvalue weighted by Crippen LogP contribution is -2.35. The average molecular weight is 279 g/mol. The van der Waals surface area contributed by atoms with Crippen LogP contribution in [0.2, 0.25) is 0 Å². The van der Waals surface area contributed by atoms with Crippen LogP contribution in [0.25, 0.3) is 0 Å². The summed E-state index contributed by atoms with van der Waals surface area (Å²) in [4.78, 5) is 22.6. The molecule has 0 bridgehead atoms.